The van der Waals surface area contributed by atoms with Crippen LogP contribution in [0.4, 0.5) is 0 Å². The van der Waals surface area contributed by atoms with Crippen LogP contribution in [0.25, 0.3) is 5.57 Å². The van der Waals surface area contributed by atoms with Crippen LogP contribution >= 0.6 is 0 Å². The van der Waals surface area contributed by atoms with Gasteiger partial charge in [0, 0.05) is 6.54 Å². The van der Waals surface area contributed by atoms with Crippen LogP contribution in [0.5, 0.6) is 5.75 Å². The zero-order valence-electron chi connectivity index (χ0n) is 12.9. The van der Waals surface area contributed by atoms with E-state index in [0.717, 1.165) is 29.9 Å². The maximum atomic E-state index is 5.62. The summed E-state index contributed by atoms with van der Waals surface area (Å²) < 4.78 is 5.62. The summed E-state index contributed by atoms with van der Waals surface area (Å²) in [5, 5.41) is 3.06. The van der Waals surface area contributed by atoms with Gasteiger partial charge in [-0.1, -0.05) is 48.5 Å². The molecule has 0 aliphatic carbocycles. The maximum Gasteiger partial charge on any atom is 0.119 e. The molecule has 2 heteroatoms. The van der Waals surface area contributed by atoms with Crippen LogP contribution in [0, 0.1) is 6.92 Å². The number of benzene rings is 2. The molecular weight excluding hydrogens is 258 g/mol. The summed E-state index contributed by atoms with van der Waals surface area (Å²) in [5.74, 6) is 0.900. The minimum absolute atomic E-state index is 0.681. The fourth-order valence-electron chi connectivity index (χ4n) is 2.11. The Labute approximate surface area is 127 Å². The average molecular weight is 281 g/mol. The van der Waals surface area contributed by atoms with Gasteiger partial charge in [0.25, 0.3) is 0 Å². The lowest BCUT2D eigenvalue weighted by Gasteiger charge is -2.09. The zero-order chi connectivity index (χ0) is 15.1. The molecule has 0 heterocycles. The number of ether oxygens (including phenoxy) is 1. The largest absolute Gasteiger partial charge is 0.492 e. The van der Waals surface area contributed by atoms with E-state index in [1.54, 1.807) is 0 Å². The standard InChI is InChI=1S/C19H23NO/c1-15-4-6-17(7-5-15)14-16(2)18-8-10-19(11-9-18)21-13-12-20-3/h4-11,20H,2,12-14H2,1,3H3. The van der Waals surface area contributed by atoms with Crippen molar-refractivity contribution in [1.82, 2.24) is 5.32 Å². The molecule has 0 amide bonds. The molecule has 110 valence electrons. The Morgan fingerprint density at radius 1 is 1.05 bits per heavy atom. The summed E-state index contributed by atoms with van der Waals surface area (Å²) in [6, 6.07) is 16.8. The van der Waals surface area contributed by atoms with Crippen molar-refractivity contribution in [2.24, 2.45) is 0 Å². The van der Waals surface area contributed by atoms with Gasteiger partial charge in [0.15, 0.2) is 0 Å². The van der Waals surface area contributed by atoms with Crippen molar-refractivity contribution in [2.45, 2.75) is 13.3 Å². The highest BCUT2D eigenvalue weighted by atomic mass is 16.5. The molecule has 0 aliphatic heterocycles. The Hall–Kier alpha value is -2.06. The van der Waals surface area contributed by atoms with E-state index in [2.05, 4.69) is 55.2 Å². The molecule has 0 unspecified atom stereocenters. The number of hydrogen-bond acceptors (Lipinski definition) is 2. The van der Waals surface area contributed by atoms with Crippen LogP contribution in [0.3, 0.4) is 0 Å². The Balaban J connectivity index is 1.94. The van der Waals surface area contributed by atoms with Crippen LogP contribution in [0.1, 0.15) is 16.7 Å². The van der Waals surface area contributed by atoms with Gasteiger partial charge in [0.05, 0.1) is 0 Å². The second kappa shape index (κ2) is 7.65. The maximum absolute atomic E-state index is 5.62. The van der Waals surface area contributed by atoms with E-state index in [-0.39, 0.29) is 0 Å². The Kier molecular flexibility index (Phi) is 5.59. The van der Waals surface area contributed by atoms with Crippen LogP contribution in [0.2, 0.25) is 0 Å². The Morgan fingerprint density at radius 2 is 1.71 bits per heavy atom. The first-order valence-corrected chi connectivity index (χ1v) is 7.30. The molecule has 0 saturated heterocycles. The third kappa shape index (κ3) is 4.76. The summed E-state index contributed by atoms with van der Waals surface area (Å²) in [6.07, 6.45) is 0.875. The second-order valence-electron chi connectivity index (χ2n) is 5.24. The molecule has 1 N–H and O–H groups in total. The minimum Gasteiger partial charge on any atom is -0.492 e. The third-order valence-corrected chi connectivity index (χ3v) is 3.42. The molecule has 0 saturated carbocycles. The highest BCUT2D eigenvalue weighted by Gasteiger charge is 2.02. The van der Waals surface area contributed by atoms with E-state index < -0.39 is 0 Å². The summed E-state index contributed by atoms with van der Waals surface area (Å²) in [7, 11) is 1.92. The van der Waals surface area contributed by atoms with Crippen LogP contribution < -0.4 is 10.1 Å². The van der Waals surface area contributed by atoms with Crippen molar-refractivity contribution in [3.63, 3.8) is 0 Å². The first kappa shape index (κ1) is 15.3. The summed E-state index contributed by atoms with van der Waals surface area (Å²) >= 11 is 0. The SMILES string of the molecule is C=C(Cc1ccc(C)cc1)c1ccc(OCCNC)cc1. The fourth-order valence-corrected chi connectivity index (χ4v) is 2.11. The van der Waals surface area contributed by atoms with E-state index in [1.165, 1.54) is 11.1 Å². The molecule has 0 atom stereocenters. The van der Waals surface area contributed by atoms with Gasteiger partial charge in [0.2, 0.25) is 0 Å². The van der Waals surface area contributed by atoms with Crippen molar-refractivity contribution < 1.29 is 4.74 Å². The predicted molar refractivity (Wildman–Crippen MR) is 89.8 cm³/mol. The molecule has 0 fully saturated rings. The van der Waals surface area contributed by atoms with Crippen LogP contribution in [-0.4, -0.2) is 20.2 Å². The number of allylic oxidation sites excluding steroid dienone is 1. The van der Waals surface area contributed by atoms with Gasteiger partial charge < -0.3 is 10.1 Å². The molecule has 21 heavy (non-hydrogen) atoms. The van der Waals surface area contributed by atoms with E-state index in [0.29, 0.717) is 6.61 Å². The molecule has 0 aliphatic rings. The first-order valence-electron chi connectivity index (χ1n) is 7.30. The molecule has 0 aromatic heterocycles. The number of nitrogens with one attached hydrogen (secondary N) is 1. The first-order chi connectivity index (χ1) is 10.2. The summed E-state index contributed by atoms with van der Waals surface area (Å²) in [4.78, 5) is 0. The van der Waals surface area contributed by atoms with Crippen molar-refractivity contribution >= 4 is 5.57 Å². The number of likely N-dealkylation sites (N-methyl/N-ethyl adjacent to an activating group) is 1. The van der Waals surface area contributed by atoms with Crippen LogP contribution in [-0.2, 0) is 6.42 Å². The van der Waals surface area contributed by atoms with Gasteiger partial charge in [0.1, 0.15) is 12.4 Å². The number of aryl methyl sites for hydroxylation is 1. The van der Waals surface area contributed by atoms with Crippen molar-refractivity contribution in [3.05, 3.63) is 71.8 Å². The molecule has 2 aromatic rings. The molecule has 0 radical (unpaired) electrons. The van der Waals surface area contributed by atoms with Crippen molar-refractivity contribution in [3.8, 4) is 5.75 Å². The van der Waals surface area contributed by atoms with Crippen LogP contribution in [0.15, 0.2) is 55.1 Å². The smallest absolute Gasteiger partial charge is 0.119 e. The topological polar surface area (TPSA) is 21.3 Å². The van der Waals surface area contributed by atoms with Gasteiger partial charge >= 0.3 is 0 Å². The fraction of sp³-hybridized carbons (Fsp3) is 0.263. The van der Waals surface area contributed by atoms with Crippen molar-refractivity contribution in [1.29, 1.82) is 0 Å². The molecular formula is C19H23NO. The van der Waals surface area contributed by atoms with E-state index >= 15 is 0 Å². The predicted octanol–water partition coefficient (Wildman–Crippen LogP) is 3.85. The van der Waals surface area contributed by atoms with Gasteiger partial charge in [-0.15, -0.1) is 0 Å². The molecule has 2 aromatic carbocycles. The highest BCUT2D eigenvalue weighted by molar-refractivity contribution is 5.66. The molecule has 2 nitrogen and oxygen atoms in total. The van der Waals surface area contributed by atoms with Gasteiger partial charge in [-0.2, -0.15) is 0 Å². The quantitative estimate of drug-likeness (QED) is 0.778. The second-order valence-corrected chi connectivity index (χ2v) is 5.24. The highest BCUT2D eigenvalue weighted by Crippen LogP contribution is 2.21. The number of rotatable bonds is 7. The summed E-state index contributed by atoms with van der Waals surface area (Å²) in [6.45, 7) is 7.83. The average Bonchev–Trinajstić information content (AvgIpc) is 2.50. The Morgan fingerprint density at radius 3 is 2.33 bits per heavy atom. The normalized spacial score (nSPS) is 10.4. The monoisotopic (exact) mass is 281 g/mol. The third-order valence-electron chi connectivity index (χ3n) is 3.42. The molecule has 0 spiro atoms. The lowest BCUT2D eigenvalue weighted by atomic mass is 9.99. The van der Waals surface area contributed by atoms with E-state index in [9.17, 15) is 0 Å². The molecule has 2 rings (SSSR count). The number of hydrogen-bond donors (Lipinski definition) is 1. The van der Waals surface area contributed by atoms with Gasteiger partial charge in [-0.05, 0) is 49.2 Å². The van der Waals surface area contributed by atoms with Gasteiger partial charge in [-0.25, -0.2) is 0 Å². The Bertz CT molecular complexity index is 570. The lowest BCUT2D eigenvalue weighted by molar-refractivity contribution is 0.318. The zero-order valence-corrected chi connectivity index (χ0v) is 12.9. The lowest BCUT2D eigenvalue weighted by Crippen LogP contribution is -2.15. The summed E-state index contributed by atoms with van der Waals surface area (Å²) in [5.41, 5.74) is 4.87. The van der Waals surface area contributed by atoms with E-state index in [1.807, 2.05) is 19.2 Å². The van der Waals surface area contributed by atoms with E-state index in [4.69, 9.17) is 4.74 Å². The molecule has 0 bridgehead atoms. The van der Waals surface area contributed by atoms with Crippen molar-refractivity contribution in [2.75, 3.05) is 20.2 Å². The minimum atomic E-state index is 0.681. The van der Waals surface area contributed by atoms with Gasteiger partial charge in [-0.3, -0.25) is 0 Å².